The molecule has 96 valence electrons. The van der Waals surface area contributed by atoms with Gasteiger partial charge in [0.25, 0.3) is 0 Å². The summed E-state index contributed by atoms with van der Waals surface area (Å²) in [6.07, 6.45) is 4.79. The number of carbonyl (C=O) groups is 1. The van der Waals surface area contributed by atoms with Gasteiger partial charge in [-0.25, -0.2) is 0 Å². The van der Waals surface area contributed by atoms with E-state index in [0.717, 1.165) is 18.8 Å². The molecule has 4 atom stereocenters. The summed E-state index contributed by atoms with van der Waals surface area (Å²) in [7, 11) is 0. The van der Waals surface area contributed by atoms with Gasteiger partial charge in [0.15, 0.2) is 0 Å². The monoisotopic (exact) mass is 234 g/mol. The Labute approximate surface area is 106 Å². The Balaban J connectivity index is 2.34. The first-order chi connectivity index (χ1) is 7.86. The lowest BCUT2D eigenvalue weighted by molar-refractivity contribution is -0.128. The number of ketones is 1. The maximum absolute atomic E-state index is 12.0. The van der Waals surface area contributed by atoms with Crippen LogP contribution in [0.15, 0.2) is 11.1 Å². The lowest BCUT2D eigenvalue weighted by atomic mass is 9.59. The molecule has 0 radical (unpaired) electrons. The predicted octanol–water partition coefficient (Wildman–Crippen LogP) is 4.37. The lowest BCUT2D eigenvalue weighted by Crippen LogP contribution is -2.39. The maximum Gasteiger partial charge on any atom is 0.136 e. The predicted molar refractivity (Wildman–Crippen MR) is 71.8 cm³/mol. The third-order valence-electron chi connectivity index (χ3n) is 5.76. The molecule has 2 aliphatic rings. The van der Waals surface area contributed by atoms with Crippen molar-refractivity contribution < 1.29 is 4.79 Å². The first-order valence-electron chi connectivity index (χ1n) is 7.08. The summed E-state index contributed by atoms with van der Waals surface area (Å²) < 4.78 is 0. The van der Waals surface area contributed by atoms with Gasteiger partial charge in [0.05, 0.1) is 0 Å². The Morgan fingerprint density at radius 3 is 2.53 bits per heavy atom. The van der Waals surface area contributed by atoms with Crippen LogP contribution in [0, 0.1) is 23.2 Å². The minimum atomic E-state index is -0.107. The van der Waals surface area contributed by atoms with E-state index in [0.29, 0.717) is 17.6 Å². The number of hydrogen-bond acceptors (Lipinski definition) is 1. The zero-order valence-electron chi connectivity index (χ0n) is 12.0. The number of hydrogen-bond donors (Lipinski definition) is 0. The van der Waals surface area contributed by atoms with Crippen molar-refractivity contribution in [3.05, 3.63) is 11.1 Å². The SMILES string of the molecule is CC(=O)C1(C)CC2=C(CCC(C)C2C)CC1C. The summed E-state index contributed by atoms with van der Waals surface area (Å²) in [5.41, 5.74) is 3.20. The van der Waals surface area contributed by atoms with Crippen molar-refractivity contribution in [3.63, 3.8) is 0 Å². The van der Waals surface area contributed by atoms with Crippen molar-refractivity contribution in [3.8, 4) is 0 Å². The highest BCUT2D eigenvalue weighted by Gasteiger charge is 2.43. The van der Waals surface area contributed by atoms with E-state index in [1.165, 1.54) is 12.8 Å². The fourth-order valence-electron chi connectivity index (χ4n) is 3.63. The molecular weight excluding hydrogens is 208 g/mol. The summed E-state index contributed by atoms with van der Waals surface area (Å²) in [5.74, 6) is 2.37. The molecule has 0 aromatic heterocycles. The Kier molecular flexibility index (Phi) is 3.22. The fourth-order valence-corrected chi connectivity index (χ4v) is 3.63. The third kappa shape index (κ3) is 1.98. The number of carbonyl (C=O) groups excluding carboxylic acids is 1. The zero-order valence-corrected chi connectivity index (χ0v) is 12.0. The molecule has 2 aliphatic carbocycles. The first kappa shape index (κ1) is 12.9. The molecule has 0 fully saturated rings. The molecule has 0 heterocycles. The van der Waals surface area contributed by atoms with Crippen LogP contribution >= 0.6 is 0 Å². The van der Waals surface area contributed by atoms with Gasteiger partial charge >= 0.3 is 0 Å². The minimum Gasteiger partial charge on any atom is -0.299 e. The Morgan fingerprint density at radius 2 is 1.94 bits per heavy atom. The summed E-state index contributed by atoms with van der Waals surface area (Å²) in [6.45, 7) is 10.9. The van der Waals surface area contributed by atoms with Crippen molar-refractivity contribution >= 4 is 5.78 Å². The van der Waals surface area contributed by atoms with E-state index in [1.54, 1.807) is 18.1 Å². The molecule has 2 rings (SSSR count). The molecule has 0 amide bonds. The molecule has 4 unspecified atom stereocenters. The highest BCUT2D eigenvalue weighted by Crippen LogP contribution is 2.50. The van der Waals surface area contributed by atoms with Gasteiger partial charge in [0.2, 0.25) is 0 Å². The number of allylic oxidation sites excluding steroid dienone is 2. The van der Waals surface area contributed by atoms with Crippen molar-refractivity contribution in [1.82, 2.24) is 0 Å². The Morgan fingerprint density at radius 1 is 1.29 bits per heavy atom. The van der Waals surface area contributed by atoms with Crippen molar-refractivity contribution in [2.75, 3.05) is 0 Å². The number of rotatable bonds is 1. The lowest BCUT2D eigenvalue weighted by Gasteiger charge is -2.45. The van der Waals surface area contributed by atoms with Gasteiger partial charge in [-0.3, -0.25) is 4.79 Å². The van der Waals surface area contributed by atoms with Crippen LogP contribution in [0.1, 0.15) is 60.3 Å². The van der Waals surface area contributed by atoms with E-state index < -0.39 is 0 Å². The van der Waals surface area contributed by atoms with Crippen LogP contribution in [0.3, 0.4) is 0 Å². The largest absolute Gasteiger partial charge is 0.299 e. The second kappa shape index (κ2) is 4.26. The zero-order chi connectivity index (χ0) is 12.8. The van der Waals surface area contributed by atoms with Crippen LogP contribution in [0.5, 0.6) is 0 Å². The fraction of sp³-hybridized carbons (Fsp3) is 0.812. The summed E-state index contributed by atoms with van der Waals surface area (Å²) in [6, 6.07) is 0. The topological polar surface area (TPSA) is 17.1 Å². The molecule has 0 spiro atoms. The minimum absolute atomic E-state index is 0.107. The standard InChI is InChI=1S/C16H26O/c1-10-6-7-14-8-11(2)16(5,13(4)17)9-15(14)12(10)3/h10-12H,6-9H2,1-5H3. The van der Waals surface area contributed by atoms with Crippen LogP contribution in [0.2, 0.25) is 0 Å². The van der Waals surface area contributed by atoms with Crippen molar-refractivity contribution in [2.24, 2.45) is 23.2 Å². The van der Waals surface area contributed by atoms with Crippen LogP contribution < -0.4 is 0 Å². The van der Waals surface area contributed by atoms with Gasteiger partial charge in [-0.2, -0.15) is 0 Å². The van der Waals surface area contributed by atoms with Gasteiger partial charge in [0, 0.05) is 5.41 Å². The number of Topliss-reactive ketones (excluding diaryl/α,β-unsaturated/α-hetero) is 1. The molecule has 0 saturated heterocycles. The van der Waals surface area contributed by atoms with Crippen LogP contribution in [0.4, 0.5) is 0 Å². The highest BCUT2D eigenvalue weighted by atomic mass is 16.1. The first-order valence-corrected chi connectivity index (χ1v) is 7.08. The normalized spacial score (nSPS) is 42.3. The molecule has 0 saturated carbocycles. The molecule has 17 heavy (non-hydrogen) atoms. The van der Waals surface area contributed by atoms with E-state index in [9.17, 15) is 4.79 Å². The second-order valence-corrected chi connectivity index (χ2v) is 6.69. The molecule has 0 N–H and O–H groups in total. The second-order valence-electron chi connectivity index (χ2n) is 6.69. The summed E-state index contributed by atoms with van der Waals surface area (Å²) in [4.78, 5) is 12.0. The molecule has 1 nitrogen and oxygen atoms in total. The van der Waals surface area contributed by atoms with E-state index in [1.807, 2.05) is 0 Å². The Bertz CT molecular complexity index is 366. The van der Waals surface area contributed by atoms with Crippen LogP contribution in [0.25, 0.3) is 0 Å². The average Bonchev–Trinajstić information content (AvgIpc) is 2.27. The highest BCUT2D eigenvalue weighted by molar-refractivity contribution is 5.83. The molecule has 0 aliphatic heterocycles. The van der Waals surface area contributed by atoms with Crippen molar-refractivity contribution in [2.45, 2.75) is 60.3 Å². The maximum atomic E-state index is 12.0. The molecule has 0 aromatic rings. The van der Waals surface area contributed by atoms with E-state index in [4.69, 9.17) is 0 Å². The van der Waals surface area contributed by atoms with Crippen LogP contribution in [-0.4, -0.2) is 5.78 Å². The van der Waals surface area contributed by atoms with Gasteiger partial charge < -0.3 is 0 Å². The molecule has 1 heteroatoms. The third-order valence-corrected chi connectivity index (χ3v) is 5.76. The van der Waals surface area contributed by atoms with Gasteiger partial charge in [-0.15, -0.1) is 0 Å². The van der Waals surface area contributed by atoms with Gasteiger partial charge in [0.1, 0.15) is 5.78 Å². The van der Waals surface area contributed by atoms with Gasteiger partial charge in [-0.05, 0) is 50.4 Å². The van der Waals surface area contributed by atoms with E-state index in [-0.39, 0.29) is 5.41 Å². The molecular formula is C16H26O. The van der Waals surface area contributed by atoms with E-state index in [2.05, 4.69) is 27.7 Å². The molecule has 0 aromatic carbocycles. The summed E-state index contributed by atoms with van der Waals surface area (Å²) in [5, 5.41) is 0. The van der Waals surface area contributed by atoms with Crippen molar-refractivity contribution in [1.29, 1.82) is 0 Å². The quantitative estimate of drug-likeness (QED) is 0.616. The average molecular weight is 234 g/mol. The molecule has 0 bridgehead atoms. The smallest absolute Gasteiger partial charge is 0.136 e. The summed E-state index contributed by atoms with van der Waals surface area (Å²) >= 11 is 0. The van der Waals surface area contributed by atoms with Crippen LogP contribution in [-0.2, 0) is 4.79 Å². The Hall–Kier alpha value is -0.590. The van der Waals surface area contributed by atoms with E-state index >= 15 is 0 Å². The van der Waals surface area contributed by atoms with Gasteiger partial charge in [-0.1, -0.05) is 38.8 Å².